The average Bonchev–Trinajstić information content (AvgIpc) is 1.63. The molecule has 0 atom stereocenters. The van der Waals surface area contributed by atoms with Gasteiger partial charge in [-0.15, -0.1) is 0 Å². The van der Waals surface area contributed by atoms with Gasteiger partial charge >= 0.3 is 5.97 Å². The highest BCUT2D eigenvalue weighted by molar-refractivity contribution is 6.66. The highest BCUT2D eigenvalue weighted by atomic mass is 35.5. The molecule has 0 unspecified atom stereocenters. The summed E-state index contributed by atoms with van der Waals surface area (Å²) in [6, 6.07) is 0. The quantitative estimate of drug-likeness (QED) is 0.252. The molecule has 0 N–H and O–H groups in total. The van der Waals surface area contributed by atoms with E-state index in [9.17, 15) is 9.59 Å². The Balaban J connectivity index is 3.48. The smallest absolute Gasteiger partial charge is 0.307 e. The number of allylic oxidation sites excluding steroid dienone is 1. The minimum atomic E-state index is -0.670. The minimum absolute atomic E-state index is 0.482. The van der Waals surface area contributed by atoms with Crippen LogP contribution in [0.5, 0.6) is 0 Å². The molecule has 0 heterocycles. The average molecular weight is 149 g/mol. The Morgan fingerprint density at radius 1 is 1.56 bits per heavy atom. The van der Waals surface area contributed by atoms with Crippen molar-refractivity contribution in [3.8, 4) is 0 Å². The summed E-state index contributed by atoms with van der Waals surface area (Å²) in [6.07, 6.45) is 1.89. The van der Waals surface area contributed by atoms with Crippen LogP contribution in [0, 0.1) is 0 Å². The van der Waals surface area contributed by atoms with Gasteiger partial charge in [0, 0.05) is 13.0 Å². The van der Waals surface area contributed by atoms with Gasteiger partial charge in [0.2, 0.25) is 5.24 Å². The monoisotopic (exact) mass is 148 g/mol. The zero-order valence-corrected chi connectivity index (χ0v) is 5.51. The summed E-state index contributed by atoms with van der Waals surface area (Å²) < 4.78 is 4.23. The number of hydrogen-bond acceptors (Lipinski definition) is 3. The molecule has 0 rings (SSSR count). The summed E-state index contributed by atoms with van der Waals surface area (Å²) in [5.74, 6) is -0.482. The summed E-state index contributed by atoms with van der Waals surface area (Å²) in [5.41, 5.74) is 0. The van der Waals surface area contributed by atoms with Gasteiger partial charge in [0.05, 0.1) is 6.26 Å². The Morgan fingerprint density at radius 2 is 2.11 bits per heavy atom. The van der Waals surface area contributed by atoms with Crippen molar-refractivity contribution in [1.82, 2.24) is 0 Å². The molecule has 0 fully saturated rings. The second-order valence-corrected chi connectivity index (χ2v) is 1.59. The fourth-order valence-electron chi connectivity index (χ4n) is 0.183. The van der Waals surface area contributed by atoms with Crippen molar-refractivity contribution in [2.45, 2.75) is 6.92 Å². The van der Waals surface area contributed by atoms with Crippen molar-refractivity contribution in [2.75, 3.05) is 0 Å². The van der Waals surface area contributed by atoms with Crippen LogP contribution in [-0.2, 0) is 14.3 Å². The highest BCUT2D eigenvalue weighted by Crippen LogP contribution is 1.83. The van der Waals surface area contributed by atoms with E-state index in [-0.39, 0.29) is 0 Å². The Kier molecular flexibility index (Phi) is 3.71. The molecule has 0 aliphatic carbocycles. The van der Waals surface area contributed by atoms with Crippen LogP contribution in [0.15, 0.2) is 12.3 Å². The second kappa shape index (κ2) is 4.09. The predicted octanol–water partition coefficient (Wildman–Crippen LogP) is 0.829. The summed E-state index contributed by atoms with van der Waals surface area (Å²) in [5, 5.41) is -0.670. The normalized spacial score (nSPS) is 9.56. The van der Waals surface area contributed by atoms with Gasteiger partial charge < -0.3 is 4.74 Å². The fraction of sp³-hybridized carbons (Fsp3) is 0.200. The molecule has 0 bridgehead atoms. The van der Waals surface area contributed by atoms with Gasteiger partial charge in [-0.1, -0.05) is 0 Å². The van der Waals surface area contributed by atoms with E-state index in [0.717, 1.165) is 12.3 Å². The molecule has 4 heteroatoms. The Hall–Kier alpha value is -0.830. The van der Waals surface area contributed by atoms with E-state index in [4.69, 9.17) is 11.6 Å². The molecule has 0 aliphatic rings. The third-order valence-electron chi connectivity index (χ3n) is 0.433. The molecule has 3 nitrogen and oxygen atoms in total. The maximum absolute atomic E-state index is 10.00. The van der Waals surface area contributed by atoms with Gasteiger partial charge in [0.15, 0.2) is 0 Å². The molecule has 0 radical (unpaired) electrons. The number of ether oxygens (including phenoxy) is 1. The van der Waals surface area contributed by atoms with Crippen LogP contribution in [0.25, 0.3) is 0 Å². The van der Waals surface area contributed by atoms with Gasteiger partial charge in [-0.3, -0.25) is 9.59 Å². The lowest BCUT2D eigenvalue weighted by atomic mass is 10.7. The summed E-state index contributed by atoms with van der Waals surface area (Å²) >= 11 is 4.84. The van der Waals surface area contributed by atoms with Crippen molar-refractivity contribution >= 4 is 22.8 Å². The second-order valence-electron chi connectivity index (χ2n) is 1.22. The number of carbonyl (C=O) groups is 2. The maximum Gasteiger partial charge on any atom is 0.307 e. The highest BCUT2D eigenvalue weighted by Gasteiger charge is 1.87. The lowest BCUT2D eigenvalue weighted by molar-refractivity contribution is -0.135. The van der Waals surface area contributed by atoms with Crippen LogP contribution < -0.4 is 0 Å². The maximum atomic E-state index is 10.00. The Bertz CT molecular complexity index is 150. The number of halogens is 1. The predicted molar refractivity (Wildman–Crippen MR) is 31.8 cm³/mol. The number of hydrogen-bond donors (Lipinski definition) is 0. The minimum Gasteiger partial charge on any atom is -0.435 e. The van der Waals surface area contributed by atoms with Gasteiger partial charge in [-0.05, 0) is 11.6 Å². The molecule has 0 aromatic heterocycles. The van der Waals surface area contributed by atoms with Gasteiger partial charge in [-0.25, -0.2) is 0 Å². The number of carbonyl (C=O) groups excluding carboxylic acids is 2. The van der Waals surface area contributed by atoms with Gasteiger partial charge in [0.25, 0.3) is 0 Å². The Labute approximate surface area is 57.2 Å². The van der Waals surface area contributed by atoms with E-state index < -0.39 is 11.2 Å². The summed E-state index contributed by atoms with van der Waals surface area (Å²) in [4.78, 5) is 19.9. The zero-order chi connectivity index (χ0) is 7.28. The van der Waals surface area contributed by atoms with Crippen LogP contribution in [0.1, 0.15) is 6.92 Å². The number of rotatable bonds is 2. The molecule has 50 valence electrons. The third-order valence-corrected chi connectivity index (χ3v) is 0.559. The first-order chi connectivity index (χ1) is 4.13. The molecule has 0 spiro atoms. The standard InChI is InChI=1S/C5H5ClO3/c1-4(7)9-3-2-5(6)8/h2-3H,1H3/b3-2+. The van der Waals surface area contributed by atoms with E-state index >= 15 is 0 Å². The summed E-state index contributed by atoms with van der Waals surface area (Å²) in [6.45, 7) is 1.23. The first kappa shape index (κ1) is 8.17. The van der Waals surface area contributed by atoms with Crippen molar-refractivity contribution in [2.24, 2.45) is 0 Å². The lowest BCUT2D eigenvalue weighted by Gasteiger charge is -1.86. The Morgan fingerprint density at radius 3 is 2.44 bits per heavy atom. The van der Waals surface area contributed by atoms with Crippen molar-refractivity contribution in [1.29, 1.82) is 0 Å². The topological polar surface area (TPSA) is 43.4 Å². The van der Waals surface area contributed by atoms with E-state index in [1.807, 2.05) is 0 Å². The molecule has 0 aromatic rings. The van der Waals surface area contributed by atoms with E-state index in [1.54, 1.807) is 0 Å². The van der Waals surface area contributed by atoms with E-state index in [2.05, 4.69) is 4.74 Å². The van der Waals surface area contributed by atoms with Crippen LogP contribution in [-0.4, -0.2) is 11.2 Å². The van der Waals surface area contributed by atoms with Crippen LogP contribution in [0.2, 0.25) is 0 Å². The molecular formula is C5H5ClO3. The molecule has 0 aromatic carbocycles. The molecule has 9 heavy (non-hydrogen) atoms. The fourth-order valence-corrected chi connectivity index (χ4v) is 0.235. The third kappa shape index (κ3) is 7.17. The van der Waals surface area contributed by atoms with Gasteiger partial charge in [0.1, 0.15) is 0 Å². The van der Waals surface area contributed by atoms with Crippen molar-refractivity contribution < 1.29 is 14.3 Å². The zero-order valence-electron chi connectivity index (χ0n) is 4.76. The first-order valence-corrected chi connectivity index (χ1v) is 2.54. The van der Waals surface area contributed by atoms with E-state index in [0.29, 0.717) is 0 Å². The van der Waals surface area contributed by atoms with E-state index in [1.165, 1.54) is 6.92 Å². The van der Waals surface area contributed by atoms with Crippen LogP contribution >= 0.6 is 11.6 Å². The molecule has 0 saturated carbocycles. The summed E-state index contributed by atoms with van der Waals surface area (Å²) in [7, 11) is 0. The largest absolute Gasteiger partial charge is 0.435 e. The lowest BCUT2D eigenvalue weighted by Crippen LogP contribution is -1.90. The molecule has 0 aliphatic heterocycles. The first-order valence-electron chi connectivity index (χ1n) is 2.16. The van der Waals surface area contributed by atoms with Crippen LogP contribution in [0.4, 0.5) is 0 Å². The van der Waals surface area contributed by atoms with Crippen molar-refractivity contribution in [3.05, 3.63) is 12.3 Å². The number of esters is 1. The molecular weight excluding hydrogens is 144 g/mol. The SMILES string of the molecule is CC(=O)O/C=C/C(=O)Cl. The van der Waals surface area contributed by atoms with Crippen LogP contribution in [0.3, 0.4) is 0 Å². The van der Waals surface area contributed by atoms with Gasteiger partial charge in [-0.2, -0.15) is 0 Å². The molecule has 0 saturated heterocycles. The van der Waals surface area contributed by atoms with Crippen molar-refractivity contribution in [3.63, 3.8) is 0 Å². The molecule has 0 amide bonds.